The number of hydrogen-bond acceptors (Lipinski definition) is 3. The number of amides is 1. The van der Waals surface area contributed by atoms with Crippen molar-refractivity contribution < 1.29 is 4.79 Å². The smallest absolute Gasteiger partial charge is 0.253 e. The number of carbonyl (C=O) groups excluding carboxylic acids is 1. The number of imidazole rings is 1. The topological polar surface area (TPSA) is 59.8 Å². The lowest BCUT2D eigenvalue weighted by molar-refractivity contribution is 0.0951. The lowest BCUT2D eigenvalue weighted by atomic mass is 10.1. The molecule has 2 aromatic heterocycles. The molecule has 2 heterocycles. The molecule has 106 valence electrons. The van der Waals surface area contributed by atoms with E-state index >= 15 is 0 Å². The summed E-state index contributed by atoms with van der Waals surface area (Å²) in [5.74, 6) is 0.675. The average molecular weight is 280 g/mol. The van der Waals surface area contributed by atoms with Crippen LogP contribution in [0.3, 0.4) is 0 Å². The number of benzene rings is 1. The lowest BCUT2D eigenvalue weighted by Gasteiger charge is -2.08. The number of fused-ring (bicyclic) bond motifs is 1. The quantitative estimate of drug-likeness (QED) is 0.800. The van der Waals surface area contributed by atoms with Crippen molar-refractivity contribution in [1.29, 1.82) is 0 Å². The number of carbonyl (C=O) groups is 1. The van der Waals surface area contributed by atoms with Gasteiger partial charge in [-0.15, -0.1) is 0 Å². The van der Waals surface area contributed by atoms with Crippen LogP contribution in [-0.4, -0.2) is 20.4 Å². The lowest BCUT2D eigenvalue weighted by Crippen LogP contribution is -2.24. The Kier molecular flexibility index (Phi) is 3.39. The van der Waals surface area contributed by atoms with E-state index in [4.69, 9.17) is 0 Å². The van der Waals surface area contributed by atoms with Crippen LogP contribution in [0.2, 0.25) is 0 Å². The molecule has 0 radical (unpaired) electrons. The van der Waals surface area contributed by atoms with Crippen LogP contribution in [-0.2, 0) is 13.6 Å². The summed E-state index contributed by atoms with van der Waals surface area (Å²) >= 11 is 0. The molecule has 5 heteroatoms. The van der Waals surface area contributed by atoms with Crippen LogP contribution in [0.15, 0.2) is 42.7 Å². The molecule has 3 rings (SSSR count). The number of nitrogens with one attached hydrogen (secondary N) is 1. The van der Waals surface area contributed by atoms with Crippen molar-refractivity contribution in [2.75, 3.05) is 0 Å². The molecule has 1 amide bonds. The van der Waals surface area contributed by atoms with Gasteiger partial charge >= 0.3 is 0 Å². The standard InChI is InChI=1S/C16H16N4O/c1-11-6-7-12-4-3-5-13(15(12)19-11)16(21)18-10-14-17-8-9-20(14)2/h3-9H,10H2,1-2H3,(H,18,21). The Morgan fingerprint density at radius 1 is 1.29 bits per heavy atom. The molecular weight excluding hydrogens is 264 g/mol. The van der Waals surface area contributed by atoms with Gasteiger partial charge in [0, 0.05) is 30.5 Å². The first-order chi connectivity index (χ1) is 10.1. The molecule has 0 saturated heterocycles. The van der Waals surface area contributed by atoms with Gasteiger partial charge in [0.2, 0.25) is 0 Å². The van der Waals surface area contributed by atoms with Gasteiger partial charge in [-0.05, 0) is 19.1 Å². The van der Waals surface area contributed by atoms with Gasteiger partial charge in [0.1, 0.15) is 5.82 Å². The van der Waals surface area contributed by atoms with Crippen molar-refractivity contribution in [3.05, 3.63) is 59.8 Å². The van der Waals surface area contributed by atoms with E-state index < -0.39 is 0 Å². The number of pyridine rings is 1. The Labute approximate surface area is 122 Å². The van der Waals surface area contributed by atoms with Gasteiger partial charge in [0.25, 0.3) is 5.91 Å². The Morgan fingerprint density at radius 2 is 2.14 bits per heavy atom. The van der Waals surface area contributed by atoms with Gasteiger partial charge in [0.05, 0.1) is 17.6 Å². The number of para-hydroxylation sites is 1. The zero-order valence-corrected chi connectivity index (χ0v) is 12.0. The van der Waals surface area contributed by atoms with E-state index in [1.165, 1.54) is 0 Å². The second-order valence-corrected chi connectivity index (χ2v) is 4.97. The second kappa shape index (κ2) is 5.36. The molecule has 1 N–H and O–H groups in total. The van der Waals surface area contributed by atoms with Crippen LogP contribution < -0.4 is 5.32 Å². The predicted molar refractivity (Wildman–Crippen MR) is 80.9 cm³/mol. The van der Waals surface area contributed by atoms with Crippen molar-refractivity contribution in [3.63, 3.8) is 0 Å². The first kappa shape index (κ1) is 13.3. The summed E-state index contributed by atoms with van der Waals surface area (Å²) in [6, 6.07) is 9.54. The third-order valence-electron chi connectivity index (χ3n) is 3.43. The summed E-state index contributed by atoms with van der Waals surface area (Å²) in [4.78, 5) is 21.1. The summed E-state index contributed by atoms with van der Waals surface area (Å²) in [5, 5.41) is 3.85. The zero-order chi connectivity index (χ0) is 14.8. The first-order valence-corrected chi connectivity index (χ1v) is 6.76. The summed E-state index contributed by atoms with van der Waals surface area (Å²) < 4.78 is 1.88. The van der Waals surface area contributed by atoms with Crippen molar-refractivity contribution in [2.45, 2.75) is 13.5 Å². The minimum Gasteiger partial charge on any atom is -0.345 e. The minimum atomic E-state index is -0.137. The molecule has 0 spiro atoms. The molecule has 0 atom stereocenters. The van der Waals surface area contributed by atoms with Gasteiger partial charge in [-0.3, -0.25) is 9.78 Å². The van der Waals surface area contributed by atoms with E-state index in [2.05, 4.69) is 15.3 Å². The Hall–Kier alpha value is -2.69. The van der Waals surface area contributed by atoms with E-state index in [0.717, 1.165) is 22.4 Å². The molecule has 0 aliphatic heterocycles. The molecule has 0 saturated carbocycles. The van der Waals surface area contributed by atoms with Gasteiger partial charge in [-0.2, -0.15) is 0 Å². The molecule has 0 fully saturated rings. The number of hydrogen-bond donors (Lipinski definition) is 1. The van der Waals surface area contributed by atoms with Crippen LogP contribution in [0.5, 0.6) is 0 Å². The molecule has 0 unspecified atom stereocenters. The molecule has 3 aromatic rings. The van der Waals surface area contributed by atoms with Gasteiger partial charge in [-0.1, -0.05) is 18.2 Å². The average Bonchev–Trinajstić information content (AvgIpc) is 2.89. The summed E-state index contributed by atoms with van der Waals surface area (Å²) in [6.45, 7) is 2.31. The van der Waals surface area contributed by atoms with E-state index in [9.17, 15) is 4.79 Å². The molecule has 0 bridgehead atoms. The molecular formula is C16H16N4O. The summed E-state index contributed by atoms with van der Waals surface area (Å²) in [7, 11) is 1.90. The zero-order valence-electron chi connectivity index (χ0n) is 12.0. The number of rotatable bonds is 3. The number of aromatic nitrogens is 3. The van der Waals surface area contributed by atoms with Crippen LogP contribution in [0.4, 0.5) is 0 Å². The highest BCUT2D eigenvalue weighted by Gasteiger charge is 2.11. The van der Waals surface area contributed by atoms with Crippen LogP contribution in [0.1, 0.15) is 21.9 Å². The van der Waals surface area contributed by atoms with Crippen LogP contribution in [0, 0.1) is 6.92 Å². The van der Waals surface area contributed by atoms with E-state index in [-0.39, 0.29) is 5.91 Å². The van der Waals surface area contributed by atoms with Crippen molar-refractivity contribution in [1.82, 2.24) is 19.9 Å². The molecule has 1 aromatic carbocycles. The highest BCUT2D eigenvalue weighted by Crippen LogP contribution is 2.17. The highest BCUT2D eigenvalue weighted by molar-refractivity contribution is 6.05. The SMILES string of the molecule is Cc1ccc2cccc(C(=O)NCc3nccn3C)c2n1. The third-order valence-corrected chi connectivity index (χ3v) is 3.43. The molecule has 0 aliphatic rings. The largest absolute Gasteiger partial charge is 0.345 e. The van der Waals surface area contributed by atoms with Crippen molar-refractivity contribution in [3.8, 4) is 0 Å². The van der Waals surface area contributed by atoms with E-state index in [1.807, 2.05) is 49.0 Å². The van der Waals surface area contributed by atoms with Gasteiger partial charge in [0.15, 0.2) is 0 Å². The van der Waals surface area contributed by atoms with E-state index in [1.54, 1.807) is 12.3 Å². The maximum atomic E-state index is 12.4. The predicted octanol–water partition coefficient (Wildman–Crippen LogP) is 2.21. The minimum absolute atomic E-state index is 0.137. The second-order valence-electron chi connectivity index (χ2n) is 4.97. The third kappa shape index (κ3) is 2.63. The summed E-state index contributed by atoms with van der Waals surface area (Å²) in [6.07, 6.45) is 3.56. The monoisotopic (exact) mass is 280 g/mol. The number of nitrogens with zero attached hydrogens (tertiary/aromatic N) is 3. The fourth-order valence-corrected chi connectivity index (χ4v) is 2.25. The maximum absolute atomic E-state index is 12.4. The van der Waals surface area contributed by atoms with Crippen LogP contribution >= 0.6 is 0 Å². The maximum Gasteiger partial charge on any atom is 0.253 e. The normalized spacial score (nSPS) is 10.8. The highest BCUT2D eigenvalue weighted by atomic mass is 16.1. The molecule has 21 heavy (non-hydrogen) atoms. The number of aryl methyl sites for hydroxylation is 2. The Bertz CT molecular complexity index is 807. The molecule has 0 aliphatic carbocycles. The van der Waals surface area contributed by atoms with Gasteiger partial charge < -0.3 is 9.88 Å². The Morgan fingerprint density at radius 3 is 2.90 bits per heavy atom. The Balaban J connectivity index is 1.88. The fraction of sp³-hybridized carbons (Fsp3) is 0.188. The van der Waals surface area contributed by atoms with Crippen LogP contribution in [0.25, 0.3) is 10.9 Å². The molecule has 5 nitrogen and oxygen atoms in total. The fourth-order valence-electron chi connectivity index (χ4n) is 2.25. The first-order valence-electron chi connectivity index (χ1n) is 6.76. The van der Waals surface area contributed by atoms with Crippen molar-refractivity contribution in [2.24, 2.45) is 7.05 Å². The van der Waals surface area contributed by atoms with Crippen molar-refractivity contribution >= 4 is 16.8 Å². The van der Waals surface area contributed by atoms with E-state index in [0.29, 0.717) is 12.1 Å². The summed E-state index contributed by atoms with van der Waals surface area (Å²) in [5.41, 5.74) is 2.21. The van der Waals surface area contributed by atoms with Gasteiger partial charge in [-0.25, -0.2) is 4.98 Å².